The van der Waals surface area contributed by atoms with Crippen LogP contribution in [0.25, 0.3) is 22.2 Å². The van der Waals surface area contributed by atoms with E-state index in [-0.39, 0.29) is 30.8 Å². The second kappa shape index (κ2) is 18.5. The summed E-state index contributed by atoms with van der Waals surface area (Å²) in [4.78, 5) is 74.2. The predicted octanol–water partition coefficient (Wildman–Crippen LogP) is 4.62. The predicted molar refractivity (Wildman–Crippen MR) is 234 cm³/mol. The number of aromatic nitrogens is 1. The first-order valence-corrected chi connectivity index (χ1v) is 22.2. The lowest BCUT2D eigenvalue weighted by atomic mass is 10.1. The highest BCUT2D eigenvalue weighted by Crippen LogP contribution is 2.45. The molecule has 6 rings (SSSR count). The van der Waals surface area contributed by atoms with Crippen molar-refractivity contribution in [3.63, 3.8) is 0 Å². The molecule has 1 unspecified atom stereocenters. The van der Waals surface area contributed by atoms with Gasteiger partial charge >= 0.3 is 6.09 Å². The number of amides is 5. The van der Waals surface area contributed by atoms with Gasteiger partial charge in [0, 0.05) is 42.0 Å². The number of alkyl halides is 1. The number of halogens is 1. The number of nitrogens with one attached hydrogen (secondary N) is 4. The van der Waals surface area contributed by atoms with E-state index in [2.05, 4.69) is 43.2 Å². The zero-order chi connectivity index (χ0) is 45.0. The highest BCUT2D eigenvalue weighted by Gasteiger charge is 2.61. The fourth-order valence-corrected chi connectivity index (χ4v) is 8.34. The van der Waals surface area contributed by atoms with Crippen LogP contribution in [0.4, 0.5) is 4.79 Å². The molecule has 16 nitrogen and oxygen atoms in total. The maximum atomic E-state index is 14.7. The fourth-order valence-electron chi connectivity index (χ4n) is 7.11. The molecule has 328 valence electrons. The van der Waals surface area contributed by atoms with Crippen molar-refractivity contribution in [2.75, 3.05) is 20.2 Å². The van der Waals surface area contributed by atoms with Crippen LogP contribution in [0, 0.1) is 5.92 Å². The Labute approximate surface area is 368 Å². The van der Waals surface area contributed by atoms with Crippen molar-refractivity contribution in [3.8, 4) is 22.8 Å². The summed E-state index contributed by atoms with van der Waals surface area (Å²) in [5, 5.41) is 8.56. The number of hydrogen-bond donors (Lipinski definition) is 4. The minimum Gasteiger partial charge on any atom is -0.497 e. The number of ether oxygens (including phenoxy) is 3. The van der Waals surface area contributed by atoms with Gasteiger partial charge < -0.3 is 35.1 Å². The molecule has 1 saturated carbocycles. The molecule has 2 heterocycles. The summed E-state index contributed by atoms with van der Waals surface area (Å²) in [7, 11) is -2.79. The van der Waals surface area contributed by atoms with Gasteiger partial charge in [0.15, 0.2) is 0 Å². The van der Waals surface area contributed by atoms with Crippen molar-refractivity contribution < 1.29 is 46.6 Å². The Morgan fingerprint density at radius 1 is 1.02 bits per heavy atom. The summed E-state index contributed by atoms with van der Waals surface area (Å²) in [6.45, 7) is 9.76. The number of carbonyl (C=O) groups excluding carboxylic acids is 5. The number of carbonyl (C=O) groups is 5. The van der Waals surface area contributed by atoms with Gasteiger partial charge in [-0.15, -0.1) is 6.58 Å². The molecule has 0 radical (unpaired) electrons. The smallest absolute Gasteiger partial charge is 0.408 e. The first-order chi connectivity index (χ1) is 29.3. The summed E-state index contributed by atoms with van der Waals surface area (Å²) >= 11 is 3.21. The van der Waals surface area contributed by atoms with E-state index in [0.717, 1.165) is 5.56 Å². The van der Waals surface area contributed by atoms with Crippen molar-refractivity contribution in [1.82, 2.24) is 30.6 Å². The van der Waals surface area contributed by atoms with Crippen LogP contribution in [0.1, 0.15) is 40.5 Å². The molecule has 5 amide bonds. The number of benzene rings is 3. The standard InChI is InChI=1S/C44H49BrN6O10S/c1-7-28-23-44(28,41(55)50-62(57,58)31-16-12-9-13-17-31)49-39(53)36-21-30(25-51(36)40(54)35(24-46-38(52)26(2)45)48-42(56)61-43(3,4)5)60-37-22-33(27-14-10-8-11-15-27)47-34-20-29(59-6)18-19-32(34)37/h7-20,22,26,28,30,35-36H,1,21,23-25H2,2-6H3,(H,46,52)(H,48,56)(H,49,53)(H,50,55)/t26-,28+,30+,35?,36-,44+/m0/s1. The molecular formula is C44H49BrN6O10S. The Balaban J connectivity index is 1.35. The molecule has 1 aliphatic carbocycles. The van der Waals surface area contributed by atoms with Gasteiger partial charge in [0.05, 0.1) is 34.6 Å². The van der Waals surface area contributed by atoms with Gasteiger partial charge in [-0.3, -0.25) is 19.2 Å². The zero-order valence-electron chi connectivity index (χ0n) is 34.8. The molecule has 0 bridgehead atoms. The van der Waals surface area contributed by atoms with Crippen LogP contribution in [0.5, 0.6) is 11.5 Å². The molecule has 18 heteroatoms. The van der Waals surface area contributed by atoms with Gasteiger partial charge in [-0.2, -0.15) is 0 Å². The van der Waals surface area contributed by atoms with Crippen molar-refractivity contribution in [3.05, 3.63) is 97.6 Å². The molecular weight excluding hydrogens is 884 g/mol. The van der Waals surface area contributed by atoms with E-state index in [1.165, 1.54) is 35.2 Å². The Morgan fingerprint density at radius 2 is 1.69 bits per heavy atom. The van der Waals surface area contributed by atoms with Crippen molar-refractivity contribution in [2.45, 2.75) is 79.6 Å². The number of hydrogen-bond acceptors (Lipinski definition) is 11. The third-order valence-electron chi connectivity index (χ3n) is 10.4. The minimum absolute atomic E-state index is 0.0350. The van der Waals surface area contributed by atoms with Crippen molar-refractivity contribution in [1.29, 1.82) is 0 Å². The summed E-state index contributed by atoms with van der Waals surface area (Å²) in [5.74, 6) is -2.68. The van der Waals surface area contributed by atoms with Crippen LogP contribution < -0.4 is 30.1 Å². The number of methoxy groups -OCH3 is 1. The first kappa shape index (κ1) is 45.5. The summed E-state index contributed by atoms with van der Waals surface area (Å²) < 4.78 is 46.1. The second-order valence-electron chi connectivity index (χ2n) is 16.1. The van der Waals surface area contributed by atoms with Gasteiger partial charge in [-0.05, 0) is 58.4 Å². The highest BCUT2D eigenvalue weighted by molar-refractivity contribution is 9.10. The van der Waals surface area contributed by atoms with Crippen LogP contribution in [0.3, 0.4) is 0 Å². The third-order valence-corrected chi connectivity index (χ3v) is 12.1. The van der Waals surface area contributed by atoms with E-state index in [1.54, 1.807) is 65.1 Å². The summed E-state index contributed by atoms with van der Waals surface area (Å²) in [5.41, 5.74) is -0.708. The Hall–Kier alpha value is -6.01. The molecule has 4 aromatic rings. The maximum Gasteiger partial charge on any atom is 0.408 e. The lowest BCUT2D eigenvalue weighted by Gasteiger charge is -2.30. The average molecular weight is 934 g/mol. The number of fused-ring (bicyclic) bond motifs is 1. The second-order valence-corrected chi connectivity index (χ2v) is 19.1. The van der Waals surface area contributed by atoms with E-state index >= 15 is 0 Å². The minimum atomic E-state index is -4.33. The third kappa shape index (κ3) is 10.5. The number of sulfonamides is 1. The molecule has 4 N–H and O–H groups in total. The van der Waals surface area contributed by atoms with Crippen LogP contribution >= 0.6 is 15.9 Å². The monoisotopic (exact) mass is 932 g/mol. The van der Waals surface area contributed by atoms with Gasteiger partial charge in [0.25, 0.3) is 15.9 Å². The normalized spacial score (nSPS) is 20.5. The zero-order valence-corrected chi connectivity index (χ0v) is 37.2. The highest BCUT2D eigenvalue weighted by atomic mass is 79.9. The van der Waals surface area contributed by atoms with Gasteiger partial charge in [0.1, 0.15) is 40.8 Å². The average Bonchev–Trinajstić information content (AvgIpc) is 3.80. The number of alkyl carbamates (subject to hydrolysis) is 1. The molecule has 1 aromatic heterocycles. The van der Waals surface area contributed by atoms with Crippen LogP contribution in [-0.2, 0) is 33.9 Å². The molecule has 6 atom stereocenters. The number of rotatable bonds is 15. The largest absolute Gasteiger partial charge is 0.497 e. The Bertz CT molecular complexity index is 2470. The van der Waals surface area contributed by atoms with Crippen molar-refractivity contribution >= 4 is 66.6 Å². The number of likely N-dealkylation sites (tertiary alicyclic amines) is 1. The van der Waals surface area contributed by atoms with E-state index < -0.39 is 79.8 Å². The summed E-state index contributed by atoms with van der Waals surface area (Å²) in [6, 6.07) is 21.0. The van der Waals surface area contributed by atoms with Gasteiger partial charge in [-0.1, -0.05) is 70.5 Å². The quantitative estimate of drug-likeness (QED) is 0.0955. The molecule has 3 aromatic carbocycles. The van der Waals surface area contributed by atoms with E-state index in [9.17, 15) is 32.4 Å². The molecule has 62 heavy (non-hydrogen) atoms. The van der Waals surface area contributed by atoms with Crippen LogP contribution in [0.15, 0.2) is 102 Å². The summed E-state index contributed by atoms with van der Waals surface area (Å²) in [6.07, 6.45) is -0.406. The SMILES string of the molecule is C=C[C@@H]1C[C@]1(NC(=O)[C@@H]1C[C@@H](Oc2cc(-c3ccccc3)nc3cc(OC)ccc23)CN1C(=O)C(CNC(=O)[C@H](C)Br)NC(=O)OC(C)(C)C)C(=O)NS(=O)(=O)c1ccccc1. The number of nitrogens with zero attached hydrogens (tertiary/aromatic N) is 2. The van der Waals surface area contributed by atoms with Gasteiger partial charge in [0.2, 0.25) is 17.7 Å². The van der Waals surface area contributed by atoms with Crippen LogP contribution in [-0.4, -0.2) is 102 Å². The maximum absolute atomic E-state index is 14.7. The lowest BCUT2D eigenvalue weighted by Crippen LogP contribution is -2.60. The van der Waals surface area contributed by atoms with E-state index in [1.807, 2.05) is 30.3 Å². The molecule has 2 aliphatic rings. The van der Waals surface area contributed by atoms with E-state index in [4.69, 9.17) is 19.2 Å². The topological polar surface area (TPSA) is 211 Å². The molecule has 1 saturated heterocycles. The van der Waals surface area contributed by atoms with E-state index in [0.29, 0.717) is 28.1 Å². The lowest BCUT2D eigenvalue weighted by molar-refractivity contribution is -0.141. The van der Waals surface area contributed by atoms with Crippen LogP contribution in [0.2, 0.25) is 0 Å². The Kier molecular flexibility index (Phi) is 13.6. The number of pyridine rings is 1. The first-order valence-electron chi connectivity index (χ1n) is 19.8. The van der Waals surface area contributed by atoms with Gasteiger partial charge in [-0.25, -0.2) is 22.9 Å². The van der Waals surface area contributed by atoms with Crippen molar-refractivity contribution in [2.24, 2.45) is 5.92 Å². The molecule has 1 aliphatic heterocycles. The Morgan fingerprint density at radius 3 is 2.31 bits per heavy atom. The molecule has 0 spiro atoms. The fraction of sp³-hybridized carbons (Fsp3) is 0.364. The molecule has 2 fully saturated rings.